The first-order chi connectivity index (χ1) is 8.41. The Hall–Kier alpha value is -1.14. The quantitative estimate of drug-likeness (QED) is 0.705. The summed E-state index contributed by atoms with van der Waals surface area (Å²) in [6.07, 6.45) is -3.62. The first-order valence-corrected chi connectivity index (χ1v) is 6.45. The molecule has 0 bridgehead atoms. The van der Waals surface area contributed by atoms with Gasteiger partial charge in [0.1, 0.15) is 0 Å². The van der Waals surface area contributed by atoms with E-state index in [1.165, 1.54) is 23.5 Å². The fourth-order valence-corrected chi connectivity index (χ4v) is 3.02. The maximum absolute atomic E-state index is 12.4. The number of benzene rings is 1. The Bertz CT molecular complexity index is 572. The second kappa shape index (κ2) is 4.85. The Labute approximate surface area is 113 Å². The number of rotatable bonds is 2. The molecule has 0 spiro atoms. The van der Waals surface area contributed by atoms with Crippen molar-refractivity contribution in [2.75, 3.05) is 0 Å². The second-order valence-corrected chi connectivity index (χ2v) is 5.45. The molecule has 0 fully saturated rings. The van der Waals surface area contributed by atoms with Crippen molar-refractivity contribution in [3.05, 3.63) is 45.2 Å². The summed E-state index contributed by atoms with van der Waals surface area (Å²) >= 11 is 4.45. The van der Waals surface area contributed by atoms with Crippen molar-refractivity contribution in [1.29, 1.82) is 0 Å². The number of halogens is 4. The minimum atomic E-state index is -4.33. The predicted octanol–water partition coefficient (Wildman–Crippen LogP) is 5.01. The third-order valence-electron chi connectivity index (χ3n) is 2.32. The summed E-state index contributed by atoms with van der Waals surface area (Å²) in [7, 11) is 0. The molecule has 0 aliphatic rings. The van der Waals surface area contributed by atoms with Gasteiger partial charge in [-0.05, 0) is 39.7 Å². The topological polar surface area (TPSA) is 17.1 Å². The smallest absolute Gasteiger partial charge is 0.297 e. The van der Waals surface area contributed by atoms with Gasteiger partial charge in [0.15, 0.2) is 6.29 Å². The van der Waals surface area contributed by atoms with E-state index in [0.717, 1.165) is 17.0 Å². The Morgan fingerprint density at radius 2 is 1.78 bits per heavy atom. The molecule has 18 heavy (non-hydrogen) atoms. The number of carbonyl (C=O) groups is 1. The third-order valence-corrected chi connectivity index (χ3v) is 4.34. The van der Waals surface area contributed by atoms with Gasteiger partial charge in [-0.2, -0.15) is 13.2 Å². The SMILES string of the molecule is O=Cc1sc(-c2ccc(C(F)(F)F)cc2)cc1Br. The molecule has 0 aliphatic carbocycles. The molecule has 0 aliphatic heterocycles. The van der Waals surface area contributed by atoms with E-state index in [0.29, 0.717) is 21.2 Å². The van der Waals surface area contributed by atoms with Gasteiger partial charge in [-0.1, -0.05) is 12.1 Å². The van der Waals surface area contributed by atoms with Crippen LogP contribution < -0.4 is 0 Å². The van der Waals surface area contributed by atoms with Crippen LogP contribution in [0.4, 0.5) is 13.2 Å². The van der Waals surface area contributed by atoms with E-state index in [4.69, 9.17) is 0 Å². The van der Waals surface area contributed by atoms with Gasteiger partial charge in [-0.25, -0.2) is 0 Å². The molecule has 2 aromatic rings. The van der Waals surface area contributed by atoms with E-state index in [2.05, 4.69) is 15.9 Å². The highest BCUT2D eigenvalue weighted by Crippen LogP contribution is 2.35. The van der Waals surface area contributed by atoms with Crippen LogP contribution in [0.25, 0.3) is 10.4 Å². The summed E-state index contributed by atoms with van der Waals surface area (Å²) in [5.74, 6) is 0. The lowest BCUT2D eigenvalue weighted by atomic mass is 10.1. The molecule has 1 aromatic carbocycles. The maximum Gasteiger partial charge on any atom is 0.416 e. The van der Waals surface area contributed by atoms with E-state index >= 15 is 0 Å². The van der Waals surface area contributed by atoms with Crippen molar-refractivity contribution in [2.45, 2.75) is 6.18 Å². The van der Waals surface area contributed by atoms with Crippen molar-refractivity contribution < 1.29 is 18.0 Å². The van der Waals surface area contributed by atoms with Crippen molar-refractivity contribution >= 4 is 33.6 Å². The van der Waals surface area contributed by atoms with Gasteiger partial charge < -0.3 is 0 Å². The zero-order chi connectivity index (χ0) is 13.3. The Morgan fingerprint density at radius 1 is 1.17 bits per heavy atom. The fraction of sp³-hybridized carbons (Fsp3) is 0.0833. The van der Waals surface area contributed by atoms with Crippen molar-refractivity contribution in [1.82, 2.24) is 0 Å². The molecule has 0 saturated heterocycles. The number of hydrogen-bond acceptors (Lipinski definition) is 2. The van der Waals surface area contributed by atoms with E-state index in [1.54, 1.807) is 6.07 Å². The predicted molar refractivity (Wildman–Crippen MR) is 67.8 cm³/mol. The molecular weight excluding hydrogens is 329 g/mol. The number of carbonyl (C=O) groups excluding carboxylic acids is 1. The van der Waals surface area contributed by atoms with Gasteiger partial charge in [0.05, 0.1) is 10.4 Å². The number of thiophene rings is 1. The molecule has 0 unspecified atom stereocenters. The highest BCUT2D eigenvalue weighted by molar-refractivity contribution is 9.10. The Balaban J connectivity index is 2.37. The normalized spacial score (nSPS) is 11.6. The highest BCUT2D eigenvalue weighted by Gasteiger charge is 2.30. The summed E-state index contributed by atoms with van der Waals surface area (Å²) in [6, 6.07) is 6.58. The fourth-order valence-electron chi connectivity index (χ4n) is 1.43. The molecule has 0 saturated carbocycles. The number of hydrogen-bond donors (Lipinski definition) is 0. The number of aldehydes is 1. The zero-order valence-corrected chi connectivity index (χ0v) is 11.2. The first-order valence-electron chi connectivity index (χ1n) is 4.84. The summed E-state index contributed by atoms with van der Waals surface area (Å²) in [5.41, 5.74) is -0.0284. The molecule has 2 rings (SSSR count). The largest absolute Gasteiger partial charge is 0.416 e. The maximum atomic E-state index is 12.4. The van der Waals surface area contributed by atoms with Crippen LogP contribution in [0.15, 0.2) is 34.8 Å². The van der Waals surface area contributed by atoms with Crippen LogP contribution in [0.2, 0.25) is 0 Å². The minimum Gasteiger partial charge on any atom is -0.297 e. The minimum absolute atomic E-state index is 0.518. The average molecular weight is 335 g/mol. The average Bonchev–Trinajstić information content (AvgIpc) is 2.69. The molecule has 0 amide bonds. The van der Waals surface area contributed by atoms with Gasteiger partial charge in [0, 0.05) is 9.35 Å². The van der Waals surface area contributed by atoms with Crippen LogP contribution in [0.5, 0.6) is 0 Å². The highest BCUT2D eigenvalue weighted by atomic mass is 79.9. The molecular formula is C12H6BrF3OS. The zero-order valence-electron chi connectivity index (χ0n) is 8.79. The first kappa shape index (κ1) is 13.3. The molecule has 94 valence electrons. The molecule has 0 atom stereocenters. The van der Waals surface area contributed by atoms with Crippen LogP contribution in [-0.2, 0) is 6.18 Å². The molecule has 0 radical (unpaired) electrons. The summed E-state index contributed by atoms with van der Waals surface area (Å²) in [5, 5.41) is 0. The summed E-state index contributed by atoms with van der Waals surface area (Å²) in [6.45, 7) is 0. The standard InChI is InChI=1S/C12H6BrF3OS/c13-9-5-10(18-11(9)6-17)7-1-3-8(4-2-7)12(14,15)16/h1-6H. The monoisotopic (exact) mass is 334 g/mol. The second-order valence-electron chi connectivity index (χ2n) is 3.52. The molecule has 6 heteroatoms. The number of alkyl halides is 3. The van der Waals surface area contributed by atoms with Crippen molar-refractivity contribution in [3.63, 3.8) is 0 Å². The van der Waals surface area contributed by atoms with Gasteiger partial charge in [-0.3, -0.25) is 4.79 Å². The van der Waals surface area contributed by atoms with Gasteiger partial charge >= 0.3 is 6.18 Å². The van der Waals surface area contributed by atoms with Gasteiger partial charge in [0.25, 0.3) is 0 Å². The summed E-state index contributed by atoms with van der Waals surface area (Å²) < 4.78 is 37.8. The van der Waals surface area contributed by atoms with Crippen molar-refractivity contribution in [2.24, 2.45) is 0 Å². The molecule has 0 N–H and O–H groups in total. The summed E-state index contributed by atoms with van der Waals surface area (Å²) in [4.78, 5) is 12.0. The van der Waals surface area contributed by atoms with Gasteiger partial charge in [-0.15, -0.1) is 11.3 Å². The van der Waals surface area contributed by atoms with Crippen LogP contribution in [-0.4, -0.2) is 6.29 Å². The third kappa shape index (κ3) is 2.64. The van der Waals surface area contributed by atoms with Crippen molar-refractivity contribution in [3.8, 4) is 10.4 Å². The van der Waals surface area contributed by atoms with E-state index in [9.17, 15) is 18.0 Å². The lowest BCUT2D eigenvalue weighted by Crippen LogP contribution is -2.03. The Morgan fingerprint density at radius 3 is 2.22 bits per heavy atom. The lowest BCUT2D eigenvalue weighted by Gasteiger charge is -2.06. The van der Waals surface area contributed by atoms with E-state index in [-0.39, 0.29) is 0 Å². The molecule has 1 nitrogen and oxygen atoms in total. The Kier molecular flexibility index (Phi) is 3.59. The van der Waals surface area contributed by atoms with Gasteiger partial charge in [0.2, 0.25) is 0 Å². The van der Waals surface area contributed by atoms with Crippen LogP contribution >= 0.6 is 27.3 Å². The molecule has 1 aromatic heterocycles. The van der Waals surface area contributed by atoms with E-state index in [1.807, 2.05) is 0 Å². The van der Waals surface area contributed by atoms with E-state index < -0.39 is 11.7 Å². The van der Waals surface area contributed by atoms with Crippen LogP contribution in [0, 0.1) is 0 Å². The van der Waals surface area contributed by atoms with Crippen LogP contribution in [0.3, 0.4) is 0 Å². The molecule has 1 heterocycles. The lowest BCUT2D eigenvalue weighted by molar-refractivity contribution is -0.137. The van der Waals surface area contributed by atoms with Crippen LogP contribution in [0.1, 0.15) is 15.2 Å².